The lowest BCUT2D eigenvalue weighted by Gasteiger charge is -2.29. The van der Waals surface area contributed by atoms with E-state index in [0.29, 0.717) is 31.3 Å². The lowest BCUT2D eigenvalue weighted by molar-refractivity contribution is -0.137. The maximum absolute atomic E-state index is 13.6. The van der Waals surface area contributed by atoms with Gasteiger partial charge in [0.25, 0.3) is 0 Å². The molecule has 2 aliphatic heterocycles. The number of carbonyl (C=O) groups is 1. The molecule has 232 valence electrons. The van der Waals surface area contributed by atoms with E-state index in [1.54, 1.807) is 0 Å². The molecular formula is C34H43F3N4O2. The average molecular weight is 597 g/mol. The fraction of sp³-hybridized carbons (Fsp3) is 0.529. The Morgan fingerprint density at radius 1 is 1.09 bits per heavy atom. The Hall–Kier alpha value is -3.17. The number of aryl methyl sites for hydroxylation is 2. The number of hydrogen-bond acceptors (Lipinski definition) is 5. The number of rotatable bonds is 12. The number of alkyl halides is 3. The number of carbonyl (C=O) groups excluding carboxylic acids is 1. The van der Waals surface area contributed by atoms with Crippen LogP contribution in [0.5, 0.6) is 5.88 Å². The van der Waals surface area contributed by atoms with Crippen LogP contribution >= 0.6 is 0 Å². The molecule has 0 amide bonds. The van der Waals surface area contributed by atoms with Crippen molar-refractivity contribution in [3.63, 3.8) is 0 Å². The number of ketones is 1. The van der Waals surface area contributed by atoms with Crippen molar-refractivity contribution in [3.05, 3.63) is 70.3 Å². The third kappa shape index (κ3) is 6.99. The first-order chi connectivity index (χ1) is 20.3. The molecule has 0 saturated carbocycles. The van der Waals surface area contributed by atoms with E-state index < -0.39 is 17.2 Å². The van der Waals surface area contributed by atoms with Gasteiger partial charge in [0.2, 0.25) is 5.88 Å². The number of H-pyrrole nitrogens is 1. The van der Waals surface area contributed by atoms with Crippen LogP contribution < -0.4 is 10.1 Å². The quantitative estimate of drug-likeness (QED) is 0.227. The van der Waals surface area contributed by atoms with Crippen LogP contribution in [-0.2, 0) is 17.4 Å². The van der Waals surface area contributed by atoms with Gasteiger partial charge in [0.05, 0.1) is 22.7 Å². The Kier molecular flexibility index (Phi) is 9.05. The van der Waals surface area contributed by atoms with Crippen LogP contribution in [0.4, 0.5) is 13.2 Å². The number of aromatic amines is 1. The molecule has 2 atom stereocenters. The van der Waals surface area contributed by atoms with Crippen LogP contribution in [0.1, 0.15) is 67.3 Å². The van der Waals surface area contributed by atoms with Crippen LogP contribution in [-0.4, -0.2) is 59.7 Å². The monoisotopic (exact) mass is 596 g/mol. The Bertz CT molecular complexity index is 1390. The minimum absolute atomic E-state index is 0.00382. The van der Waals surface area contributed by atoms with E-state index in [-0.39, 0.29) is 24.3 Å². The van der Waals surface area contributed by atoms with E-state index in [1.165, 1.54) is 12.1 Å². The summed E-state index contributed by atoms with van der Waals surface area (Å²) in [5, 5.41) is 11.3. The van der Waals surface area contributed by atoms with Gasteiger partial charge in [0, 0.05) is 23.6 Å². The number of nitrogens with zero attached hydrogens (tertiary/aromatic N) is 2. The molecule has 2 aliphatic rings. The van der Waals surface area contributed by atoms with E-state index in [9.17, 15) is 18.0 Å². The molecular weight excluding hydrogens is 553 g/mol. The molecule has 1 aromatic heterocycles. The molecule has 2 fully saturated rings. The van der Waals surface area contributed by atoms with E-state index in [4.69, 9.17) is 4.74 Å². The summed E-state index contributed by atoms with van der Waals surface area (Å²) in [6, 6.07) is 11.7. The van der Waals surface area contributed by atoms with Gasteiger partial charge in [0.15, 0.2) is 5.78 Å². The minimum atomic E-state index is -4.33. The van der Waals surface area contributed by atoms with Gasteiger partial charge in [-0.3, -0.25) is 14.8 Å². The Labute approximate surface area is 252 Å². The van der Waals surface area contributed by atoms with Crippen LogP contribution in [0.3, 0.4) is 0 Å². The van der Waals surface area contributed by atoms with Crippen LogP contribution in [0, 0.1) is 25.2 Å². The third-order valence-electron chi connectivity index (χ3n) is 9.01. The summed E-state index contributed by atoms with van der Waals surface area (Å²) in [6.07, 6.45) is -1.53. The SMILES string of the molecule is Cc1cc(C)cc(-c2[nH]nc(OCC(C)(C)C(=O)C3C4CCN3CC4)c2[C@H](C)CNCCc2ccc(C(F)(F)F)cc2)c1. The fourth-order valence-electron chi connectivity index (χ4n) is 6.67. The maximum atomic E-state index is 13.6. The minimum Gasteiger partial charge on any atom is -0.475 e. The fourth-order valence-corrected chi connectivity index (χ4v) is 6.67. The van der Waals surface area contributed by atoms with Crippen LogP contribution in [0.15, 0.2) is 42.5 Å². The van der Waals surface area contributed by atoms with Gasteiger partial charge in [-0.25, -0.2) is 0 Å². The zero-order chi connectivity index (χ0) is 30.9. The van der Waals surface area contributed by atoms with E-state index in [0.717, 1.165) is 71.6 Å². The van der Waals surface area contributed by atoms with Gasteiger partial charge in [-0.1, -0.05) is 36.2 Å². The van der Waals surface area contributed by atoms with Crippen molar-refractivity contribution in [2.24, 2.45) is 11.3 Å². The number of aromatic nitrogens is 2. The highest BCUT2D eigenvalue weighted by Crippen LogP contribution is 2.40. The number of halogens is 3. The van der Waals surface area contributed by atoms with Gasteiger partial charge in [-0.15, -0.1) is 5.10 Å². The van der Waals surface area contributed by atoms with Crippen LogP contribution in [0.25, 0.3) is 11.3 Å². The average Bonchev–Trinajstić information content (AvgIpc) is 3.67. The molecule has 0 radical (unpaired) electrons. The number of hydrogen-bond donors (Lipinski definition) is 2. The molecule has 0 aliphatic carbocycles. The molecule has 2 aromatic carbocycles. The summed E-state index contributed by atoms with van der Waals surface area (Å²) in [4.78, 5) is 15.9. The van der Waals surface area contributed by atoms with E-state index in [1.807, 2.05) is 13.8 Å². The van der Waals surface area contributed by atoms with Crippen molar-refractivity contribution in [2.45, 2.75) is 72.0 Å². The molecule has 43 heavy (non-hydrogen) atoms. The van der Waals surface area contributed by atoms with Crippen molar-refractivity contribution < 1.29 is 22.7 Å². The third-order valence-corrected chi connectivity index (χ3v) is 9.01. The highest BCUT2D eigenvalue weighted by Gasteiger charge is 2.48. The zero-order valence-corrected chi connectivity index (χ0v) is 25.8. The topological polar surface area (TPSA) is 70.2 Å². The first kappa shape index (κ1) is 31.3. The Balaban J connectivity index is 1.29. The van der Waals surface area contributed by atoms with Crippen molar-refractivity contribution in [1.82, 2.24) is 20.4 Å². The van der Waals surface area contributed by atoms with Gasteiger partial charge >= 0.3 is 6.18 Å². The first-order valence-corrected chi connectivity index (χ1v) is 15.3. The van der Waals surface area contributed by atoms with Crippen molar-refractivity contribution in [2.75, 3.05) is 32.8 Å². The molecule has 5 rings (SSSR count). The largest absolute Gasteiger partial charge is 0.475 e. The second-order valence-corrected chi connectivity index (χ2v) is 13.1. The maximum Gasteiger partial charge on any atom is 0.416 e. The zero-order valence-electron chi connectivity index (χ0n) is 25.8. The molecule has 2 bridgehead atoms. The van der Waals surface area contributed by atoms with Gasteiger partial charge in [-0.2, -0.15) is 13.2 Å². The van der Waals surface area contributed by atoms with Gasteiger partial charge < -0.3 is 10.1 Å². The molecule has 2 saturated heterocycles. The summed E-state index contributed by atoms with van der Waals surface area (Å²) in [6.45, 7) is 13.7. The van der Waals surface area contributed by atoms with E-state index >= 15 is 0 Å². The van der Waals surface area contributed by atoms with Crippen molar-refractivity contribution >= 4 is 5.78 Å². The number of benzene rings is 2. The number of nitrogens with one attached hydrogen (secondary N) is 2. The number of Topliss-reactive ketones (excluding diaryl/α,β-unsaturated/α-hetero) is 1. The second kappa shape index (κ2) is 12.4. The molecule has 0 spiro atoms. The molecule has 3 aromatic rings. The molecule has 2 N–H and O–H groups in total. The highest BCUT2D eigenvalue weighted by molar-refractivity contribution is 5.90. The second-order valence-electron chi connectivity index (χ2n) is 13.1. The van der Waals surface area contributed by atoms with Crippen molar-refractivity contribution in [1.29, 1.82) is 0 Å². The molecule has 3 heterocycles. The Morgan fingerprint density at radius 2 is 1.74 bits per heavy atom. The van der Waals surface area contributed by atoms with Crippen LogP contribution in [0.2, 0.25) is 0 Å². The molecule has 1 unspecified atom stereocenters. The van der Waals surface area contributed by atoms with Gasteiger partial charge in [0.1, 0.15) is 6.61 Å². The van der Waals surface area contributed by atoms with Crippen molar-refractivity contribution in [3.8, 4) is 17.1 Å². The normalized spacial score (nSPS) is 20.9. The summed E-state index contributed by atoms with van der Waals surface area (Å²) in [5.74, 6) is 1.21. The summed E-state index contributed by atoms with van der Waals surface area (Å²) < 4.78 is 45.1. The number of piperidine rings is 1. The summed E-state index contributed by atoms with van der Waals surface area (Å²) in [5.41, 5.74) is 4.70. The predicted octanol–water partition coefficient (Wildman–Crippen LogP) is 6.72. The molecule has 9 heteroatoms. The highest BCUT2D eigenvalue weighted by atomic mass is 19.4. The van der Waals surface area contributed by atoms with E-state index in [2.05, 4.69) is 59.4 Å². The number of fused-ring (bicyclic) bond motifs is 2. The number of ether oxygens (including phenoxy) is 1. The summed E-state index contributed by atoms with van der Waals surface area (Å²) >= 11 is 0. The van der Waals surface area contributed by atoms with Gasteiger partial charge in [-0.05, 0) is 102 Å². The summed E-state index contributed by atoms with van der Waals surface area (Å²) in [7, 11) is 0. The molecule has 6 nitrogen and oxygen atoms in total. The Morgan fingerprint density at radius 3 is 2.33 bits per heavy atom. The smallest absolute Gasteiger partial charge is 0.416 e. The lowest BCUT2D eigenvalue weighted by atomic mass is 9.81. The first-order valence-electron chi connectivity index (χ1n) is 15.3. The standard InChI is InChI=1S/C34H43F3N4O2/c1-21-16-22(2)18-26(17-21)29-28(23(3)19-38-13-10-24-6-8-27(9-7-24)34(35,36)37)32(40-39-29)43-20-33(4,5)31(42)30-25-11-14-41(30)15-12-25/h6-9,16-18,23,25,30,38H,10-15,19-20H2,1-5H3,(H,39,40)/t23-,30?/m1/s1. The lowest BCUT2D eigenvalue weighted by Crippen LogP contribution is -2.44. The predicted molar refractivity (Wildman–Crippen MR) is 162 cm³/mol.